The van der Waals surface area contributed by atoms with E-state index in [9.17, 15) is 0 Å². The average Bonchev–Trinajstić information content (AvgIpc) is 2.88. The number of fused-ring (bicyclic) bond motifs is 1. The third-order valence-corrected chi connectivity index (χ3v) is 3.60. The van der Waals surface area contributed by atoms with E-state index < -0.39 is 0 Å². The second-order valence-corrected chi connectivity index (χ2v) is 5.27. The lowest BCUT2D eigenvalue weighted by Crippen LogP contribution is -2.22. The van der Waals surface area contributed by atoms with Crippen molar-refractivity contribution in [1.82, 2.24) is 0 Å². The van der Waals surface area contributed by atoms with Gasteiger partial charge in [-0.1, -0.05) is 17.7 Å². The molecule has 0 fully saturated rings. The quantitative estimate of drug-likeness (QED) is 0.877. The van der Waals surface area contributed by atoms with Crippen LogP contribution in [0.3, 0.4) is 0 Å². The number of nitrogens with two attached hydrogens (primary N) is 1. The van der Waals surface area contributed by atoms with Gasteiger partial charge in [-0.2, -0.15) is 0 Å². The molecule has 0 amide bonds. The normalized spacial score (nSPS) is 16.2. The molecule has 0 saturated carbocycles. The summed E-state index contributed by atoms with van der Waals surface area (Å²) < 4.78 is 16.9. The summed E-state index contributed by atoms with van der Waals surface area (Å²) in [4.78, 5) is 0. The van der Waals surface area contributed by atoms with Crippen LogP contribution in [-0.4, -0.2) is 19.8 Å². The fourth-order valence-corrected chi connectivity index (χ4v) is 2.49. The minimum atomic E-state index is 0.0207. The molecule has 1 aliphatic heterocycles. The molecule has 2 aromatic carbocycles. The zero-order valence-electron chi connectivity index (χ0n) is 12.3. The molecule has 0 radical (unpaired) electrons. The molecule has 0 spiro atoms. The van der Waals surface area contributed by atoms with Crippen molar-refractivity contribution < 1.29 is 14.2 Å². The topological polar surface area (TPSA) is 53.7 Å². The lowest BCUT2D eigenvalue weighted by molar-refractivity contribution is 0.149. The summed E-state index contributed by atoms with van der Waals surface area (Å²) in [5.41, 5.74) is 9.00. The highest BCUT2D eigenvalue weighted by atomic mass is 16.5. The van der Waals surface area contributed by atoms with E-state index in [1.165, 1.54) is 11.1 Å². The second kappa shape index (κ2) is 5.56. The number of nitrogen functional groups attached to an aromatic ring is 1. The highest BCUT2D eigenvalue weighted by molar-refractivity contribution is 5.55. The summed E-state index contributed by atoms with van der Waals surface area (Å²) in [6, 6.07) is 11.6. The number of rotatable bonds is 4. The first kappa shape index (κ1) is 13.6. The predicted molar refractivity (Wildman–Crippen MR) is 82.2 cm³/mol. The highest BCUT2D eigenvalue weighted by Crippen LogP contribution is 2.31. The largest absolute Gasteiger partial charge is 0.497 e. The van der Waals surface area contributed by atoms with Crippen molar-refractivity contribution in [1.29, 1.82) is 0 Å². The molecule has 110 valence electrons. The zero-order chi connectivity index (χ0) is 14.8. The van der Waals surface area contributed by atoms with Crippen LogP contribution >= 0.6 is 0 Å². The van der Waals surface area contributed by atoms with E-state index in [2.05, 4.69) is 19.1 Å². The molecule has 0 bridgehead atoms. The Kier molecular flexibility index (Phi) is 3.60. The Morgan fingerprint density at radius 1 is 1.24 bits per heavy atom. The lowest BCUT2D eigenvalue weighted by atomic mass is 10.1. The van der Waals surface area contributed by atoms with Crippen LogP contribution < -0.4 is 19.9 Å². The van der Waals surface area contributed by atoms with Crippen molar-refractivity contribution in [3.05, 3.63) is 47.5 Å². The number of benzene rings is 2. The maximum Gasteiger partial charge on any atom is 0.146 e. The summed E-state index contributed by atoms with van der Waals surface area (Å²) in [6.45, 7) is 2.55. The van der Waals surface area contributed by atoms with Crippen LogP contribution in [0.15, 0.2) is 36.4 Å². The minimum absolute atomic E-state index is 0.0207. The summed E-state index contributed by atoms with van der Waals surface area (Å²) in [7, 11) is 1.62. The molecule has 0 aromatic heterocycles. The molecule has 1 heterocycles. The number of anilines is 1. The van der Waals surface area contributed by atoms with Crippen LogP contribution in [0.5, 0.6) is 17.2 Å². The van der Waals surface area contributed by atoms with E-state index in [-0.39, 0.29) is 6.10 Å². The maximum atomic E-state index is 5.91. The smallest absolute Gasteiger partial charge is 0.146 e. The van der Waals surface area contributed by atoms with Crippen LogP contribution in [0, 0.1) is 6.92 Å². The molecule has 4 heteroatoms. The van der Waals surface area contributed by atoms with Crippen molar-refractivity contribution in [2.24, 2.45) is 0 Å². The van der Waals surface area contributed by atoms with Crippen molar-refractivity contribution in [2.45, 2.75) is 19.4 Å². The van der Waals surface area contributed by atoms with Gasteiger partial charge in [-0.25, -0.2) is 0 Å². The van der Waals surface area contributed by atoms with Gasteiger partial charge in [0.25, 0.3) is 0 Å². The Morgan fingerprint density at radius 3 is 2.90 bits per heavy atom. The van der Waals surface area contributed by atoms with E-state index >= 15 is 0 Å². The van der Waals surface area contributed by atoms with E-state index in [0.717, 1.165) is 17.9 Å². The molecular formula is C17H19NO3. The Labute approximate surface area is 124 Å². The number of aryl methyl sites for hydroxylation is 1. The molecule has 1 atom stereocenters. The van der Waals surface area contributed by atoms with Gasteiger partial charge in [-0.3, -0.25) is 0 Å². The SMILES string of the molecule is COc1ccc(N)c(OCC2Cc3cc(C)ccc3O2)c1. The van der Waals surface area contributed by atoms with Gasteiger partial charge in [0, 0.05) is 12.5 Å². The first-order chi connectivity index (χ1) is 10.2. The molecule has 2 aromatic rings. The Balaban J connectivity index is 1.65. The Hall–Kier alpha value is -2.36. The predicted octanol–water partition coefficient (Wildman–Crippen LogP) is 2.97. The number of ether oxygens (including phenoxy) is 3. The van der Waals surface area contributed by atoms with E-state index in [4.69, 9.17) is 19.9 Å². The Bertz CT molecular complexity index is 654. The van der Waals surface area contributed by atoms with Crippen molar-refractivity contribution in [3.8, 4) is 17.2 Å². The standard InChI is InChI=1S/C17H19NO3/c1-11-3-6-16-12(7-11)8-14(21-16)10-20-17-9-13(19-2)4-5-15(17)18/h3-7,9,14H,8,10,18H2,1-2H3. The van der Waals surface area contributed by atoms with Gasteiger partial charge in [0.15, 0.2) is 0 Å². The molecule has 4 nitrogen and oxygen atoms in total. The molecule has 0 saturated heterocycles. The van der Waals surface area contributed by atoms with Gasteiger partial charge < -0.3 is 19.9 Å². The van der Waals surface area contributed by atoms with E-state index in [1.807, 2.05) is 12.1 Å². The van der Waals surface area contributed by atoms with Crippen LogP contribution in [0.25, 0.3) is 0 Å². The highest BCUT2D eigenvalue weighted by Gasteiger charge is 2.23. The monoisotopic (exact) mass is 285 g/mol. The van der Waals surface area contributed by atoms with Gasteiger partial charge in [-0.15, -0.1) is 0 Å². The van der Waals surface area contributed by atoms with Gasteiger partial charge >= 0.3 is 0 Å². The second-order valence-electron chi connectivity index (χ2n) is 5.27. The third-order valence-electron chi connectivity index (χ3n) is 3.60. The Morgan fingerprint density at radius 2 is 2.10 bits per heavy atom. The van der Waals surface area contributed by atoms with Crippen LogP contribution in [0.1, 0.15) is 11.1 Å². The summed E-state index contributed by atoms with van der Waals surface area (Å²) >= 11 is 0. The molecule has 21 heavy (non-hydrogen) atoms. The lowest BCUT2D eigenvalue weighted by Gasteiger charge is -2.14. The van der Waals surface area contributed by atoms with Crippen LogP contribution in [-0.2, 0) is 6.42 Å². The molecular weight excluding hydrogens is 266 g/mol. The first-order valence-corrected chi connectivity index (χ1v) is 6.98. The van der Waals surface area contributed by atoms with Crippen molar-refractivity contribution in [2.75, 3.05) is 19.5 Å². The van der Waals surface area contributed by atoms with E-state index in [1.54, 1.807) is 19.2 Å². The molecule has 1 aliphatic rings. The van der Waals surface area contributed by atoms with Crippen LogP contribution in [0.2, 0.25) is 0 Å². The maximum absolute atomic E-state index is 5.91. The van der Waals surface area contributed by atoms with Crippen molar-refractivity contribution >= 4 is 5.69 Å². The minimum Gasteiger partial charge on any atom is -0.497 e. The molecule has 0 aliphatic carbocycles. The van der Waals surface area contributed by atoms with Gasteiger partial charge in [0.05, 0.1) is 12.8 Å². The third kappa shape index (κ3) is 2.89. The summed E-state index contributed by atoms with van der Waals surface area (Å²) in [5.74, 6) is 2.31. The van der Waals surface area contributed by atoms with Gasteiger partial charge in [0.1, 0.15) is 30.0 Å². The van der Waals surface area contributed by atoms with E-state index in [0.29, 0.717) is 18.0 Å². The molecule has 2 N–H and O–H groups in total. The first-order valence-electron chi connectivity index (χ1n) is 6.98. The van der Waals surface area contributed by atoms with Crippen molar-refractivity contribution in [3.63, 3.8) is 0 Å². The molecule has 3 rings (SSSR count). The van der Waals surface area contributed by atoms with Gasteiger partial charge in [0.2, 0.25) is 0 Å². The fraction of sp³-hybridized carbons (Fsp3) is 0.294. The number of hydrogen-bond acceptors (Lipinski definition) is 4. The summed E-state index contributed by atoms with van der Waals surface area (Å²) in [6.07, 6.45) is 0.883. The zero-order valence-corrected chi connectivity index (χ0v) is 12.3. The number of methoxy groups -OCH3 is 1. The van der Waals surface area contributed by atoms with Crippen LogP contribution in [0.4, 0.5) is 5.69 Å². The molecule has 1 unspecified atom stereocenters. The number of hydrogen-bond donors (Lipinski definition) is 1. The van der Waals surface area contributed by atoms with Gasteiger partial charge in [-0.05, 0) is 30.7 Å². The summed E-state index contributed by atoms with van der Waals surface area (Å²) in [5, 5.41) is 0. The fourth-order valence-electron chi connectivity index (χ4n) is 2.49. The average molecular weight is 285 g/mol.